The second-order valence-corrected chi connectivity index (χ2v) is 5.80. The van der Waals surface area contributed by atoms with Gasteiger partial charge < -0.3 is 9.99 Å². The molecule has 5 nitrogen and oxygen atoms in total. The molecular formula is C17H22N4O. The van der Waals surface area contributed by atoms with Crippen molar-refractivity contribution in [3.05, 3.63) is 57.8 Å². The predicted molar refractivity (Wildman–Crippen MR) is 87.7 cm³/mol. The van der Waals surface area contributed by atoms with E-state index in [4.69, 9.17) is 0 Å². The summed E-state index contributed by atoms with van der Waals surface area (Å²) in [4.78, 5) is 16.9. The summed E-state index contributed by atoms with van der Waals surface area (Å²) in [6.45, 7) is 3.54. The number of hydrogen-bond acceptors (Lipinski definition) is 4. The van der Waals surface area contributed by atoms with Gasteiger partial charge >= 0.3 is 0 Å². The molecule has 0 radical (unpaired) electrons. The van der Waals surface area contributed by atoms with Crippen molar-refractivity contribution in [2.75, 3.05) is 12.5 Å². The van der Waals surface area contributed by atoms with Crippen LogP contribution in [-0.4, -0.2) is 21.6 Å². The van der Waals surface area contributed by atoms with Crippen molar-refractivity contribution >= 4 is 5.69 Å². The van der Waals surface area contributed by atoms with E-state index in [1.165, 1.54) is 5.56 Å². The van der Waals surface area contributed by atoms with Gasteiger partial charge in [0, 0.05) is 37.1 Å². The van der Waals surface area contributed by atoms with E-state index in [2.05, 4.69) is 17.3 Å². The zero-order chi connectivity index (χ0) is 15.5. The third kappa shape index (κ3) is 2.90. The van der Waals surface area contributed by atoms with Gasteiger partial charge in [0.25, 0.3) is 5.56 Å². The first-order valence-electron chi connectivity index (χ1n) is 7.82. The molecule has 0 unspecified atom stereocenters. The lowest BCUT2D eigenvalue weighted by Gasteiger charge is -2.16. The number of anilines is 1. The second kappa shape index (κ2) is 6.32. The number of pyridine rings is 2. The second-order valence-electron chi connectivity index (χ2n) is 5.80. The highest BCUT2D eigenvalue weighted by Crippen LogP contribution is 2.27. The molecule has 3 heterocycles. The summed E-state index contributed by atoms with van der Waals surface area (Å²) in [6, 6.07) is 7.53. The Morgan fingerprint density at radius 3 is 2.95 bits per heavy atom. The highest BCUT2D eigenvalue weighted by molar-refractivity contribution is 5.55. The van der Waals surface area contributed by atoms with Crippen LogP contribution in [0.4, 0.5) is 5.69 Å². The fraction of sp³-hybridized carbons (Fsp3) is 0.412. The maximum Gasteiger partial charge on any atom is 0.253 e. The third-order valence-electron chi connectivity index (χ3n) is 4.05. The van der Waals surface area contributed by atoms with Crippen molar-refractivity contribution in [3.63, 3.8) is 0 Å². The van der Waals surface area contributed by atoms with Crippen molar-refractivity contribution in [2.45, 2.75) is 39.3 Å². The smallest absolute Gasteiger partial charge is 0.253 e. The van der Waals surface area contributed by atoms with E-state index in [-0.39, 0.29) is 5.56 Å². The zero-order valence-corrected chi connectivity index (χ0v) is 13.2. The van der Waals surface area contributed by atoms with Gasteiger partial charge in [0.15, 0.2) is 0 Å². The van der Waals surface area contributed by atoms with Gasteiger partial charge in [0.1, 0.15) is 0 Å². The topological polar surface area (TPSA) is 50.2 Å². The molecule has 1 N–H and O–H groups in total. The Labute approximate surface area is 130 Å². The first-order chi connectivity index (χ1) is 10.7. The van der Waals surface area contributed by atoms with Crippen LogP contribution in [0.15, 0.2) is 35.3 Å². The average molecular weight is 298 g/mol. The Kier molecular flexibility index (Phi) is 4.24. The quantitative estimate of drug-likeness (QED) is 0.921. The maximum atomic E-state index is 12.6. The largest absolute Gasteiger partial charge is 0.318 e. The van der Waals surface area contributed by atoms with E-state index in [9.17, 15) is 4.79 Å². The Morgan fingerprint density at radius 2 is 2.23 bits per heavy atom. The van der Waals surface area contributed by atoms with Gasteiger partial charge in [-0.1, -0.05) is 19.4 Å². The maximum absolute atomic E-state index is 12.6. The Bertz CT molecular complexity index is 709. The minimum atomic E-state index is 0.0401. The van der Waals surface area contributed by atoms with Gasteiger partial charge in [-0.15, -0.1) is 0 Å². The number of hydrogen-bond donors (Lipinski definition) is 1. The van der Waals surface area contributed by atoms with Crippen LogP contribution in [0.1, 0.15) is 36.7 Å². The molecule has 0 spiro atoms. The normalized spacial score (nSPS) is 13.9. The molecule has 2 aromatic rings. The van der Waals surface area contributed by atoms with E-state index >= 15 is 0 Å². The summed E-state index contributed by atoms with van der Waals surface area (Å²) in [6.07, 6.45) is 4.90. The lowest BCUT2D eigenvalue weighted by atomic mass is 10.1. The number of aromatic nitrogens is 2. The molecular weight excluding hydrogens is 276 g/mol. The molecule has 2 aromatic heterocycles. The fourth-order valence-corrected chi connectivity index (χ4v) is 2.96. The molecule has 1 aliphatic heterocycles. The van der Waals surface area contributed by atoms with Crippen molar-refractivity contribution < 1.29 is 0 Å². The number of fused-ring (bicyclic) bond motifs is 1. The third-order valence-corrected chi connectivity index (χ3v) is 4.05. The first-order valence-corrected chi connectivity index (χ1v) is 7.82. The number of hydrazine groups is 1. The number of rotatable bonds is 5. The first kappa shape index (κ1) is 14.8. The van der Waals surface area contributed by atoms with Crippen molar-refractivity contribution in [1.29, 1.82) is 0 Å². The molecule has 116 valence electrons. The van der Waals surface area contributed by atoms with Gasteiger partial charge in [-0.2, -0.15) is 0 Å². The molecule has 0 fully saturated rings. The predicted octanol–water partition coefficient (Wildman–Crippen LogP) is 2.41. The van der Waals surface area contributed by atoms with Crippen LogP contribution in [-0.2, 0) is 19.5 Å². The summed E-state index contributed by atoms with van der Waals surface area (Å²) in [7, 11) is 2.00. The van der Waals surface area contributed by atoms with Crippen molar-refractivity contribution in [1.82, 2.24) is 14.6 Å². The van der Waals surface area contributed by atoms with Crippen molar-refractivity contribution in [2.24, 2.45) is 0 Å². The van der Waals surface area contributed by atoms with Gasteiger partial charge in [0.05, 0.1) is 17.9 Å². The Hall–Kier alpha value is -2.14. The average Bonchev–Trinajstić information content (AvgIpc) is 2.88. The Balaban J connectivity index is 2.04. The molecule has 0 atom stereocenters. The van der Waals surface area contributed by atoms with Gasteiger partial charge in [0.2, 0.25) is 0 Å². The van der Waals surface area contributed by atoms with Crippen LogP contribution in [0.5, 0.6) is 0 Å². The molecule has 0 aromatic carbocycles. The lowest BCUT2D eigenvalue weighted by Crippen LogP contribution is -2.25. The standard InChI is InChI=1S/C17H22N4O/c1-3-4-8-16-14-12-20(2)19-15(14)10-17(22)21(16)11-13-7-5-6-9-18-13/h5-7,9-10,19H,3-4,8,11-12H2,1-2H3. The molecule has 1 aliphatic rings. The molecule has 0 amide bonds. The fourth-order valence-electron chi connectivity index (χ4n) is 2.96. The summed E-state index contributed by atoms with van der Waals surface area (Å²) < 4.78 is 1.89. The van der Waals surface area contributed by atoms with Crippen molar-refractivity contribution in [3.8, 4) is 0 Å². The summed E-state index contributed by atoms with van der Waals surface area (Å²) in [5, 5.41) is 2.02. The minimum absolute atomic E-state index is 0.0401. The van der Waals surface area contributed by atoms with Crippen LogP contribution in [0.25, 0.3) is 0 Å². The molecule has 3 rings (SSSR count). The van der Waals surface area contributed by atoms with Gasteiger partial charge in [-0.25, -0.2) is 5.01 Å². The molecule has 0 saturated heterocycles. The van der Waals surface area contributed by atoms with Crippen LogP contribution >= 0.6 is 0 Å². The number of nitrogens with zero attached hydrogens (tertiary/aromatic N) is 3. The highest BCUT2D eigenvalue weighted by atomic mass is 16.1. The minimum Gasteiger partial charge on any atom is -0.318 e. The highest BCUT2D eigenvalue weighted by Gasteiger charge is 2.22. The summed E-state index contributed by atoms with van der Waals surface area (Å²) in [5.74, 6) is 0. The van der Waals surface area contributed by atoms with E-state index in [1.54, 1.807) is 12.3 Å². The monoisotopic (exact) mass is 298 g/mol. The number of unbranched alkanes of at least 4 members (excludes halogenated alkanes) is 1. The van der Waals surface area contributed by atoms with E-state index in [0.29, 0.717) is 6.54 Å². The molecule has 5 heteroatoms. The van der Waals surface area contributed by atoms with Crippen LogP contribution in [0.3, 0.4) is 0 Å². The van der Waals surface area contributed by atoms with Gasteiger partial charge in [-0.3, -0.25) is 9.78 Å². The molecule has 22 heavy (non-hydrogen) atoms. The SMILES string of the molecule is CCCCc1c2c(cc(=O)n1Cc1ccccn1)NN(C)C2. The van der Waals surface area contributed by atoms with E-state index < -0.39 is 0 Å². The molecule has 0 bridgehead atoms. The molecule has 0 saturated carbocycles. The van der Waals surface area contributed by atoms with Gasteiger partial charge in [-0.05, 0) is 25.0 Å². The summed E-state index contributed by atoms with van der Waals surface area (Å²) in [5.41, 5.74) is 7.55. The zero-order valence-electron chi connectivity index (χ0n) is 13.2. The number of nitrogens with one attached hydrogen (secondary N) is 1. The summed E-state index contributed by atoms with van der Waals surface area (Å²) >= 11 is 0. The van der Waals surface area contributed by atoms with E-state index in [1.807, 2.05) is 34.8 Å². The molecule has 0 aliphatic carbocycles. The Morgan fingerprint density at radius 1 is 1.36 bits per heavy atom. The van der Waals surface area contributed by atoms with E-state index in [0.717, 1.165) is 42.9 Å². The van der Waals surface area contributed by atoms with Crippen LogP contribution in [0, 0.1) is 0 Å². The van der Waals surface area contributed by atoms with Crippen LogP contribution in [0.2, 0.25) is 0 Å². The lowest BCUT2D eigenvalue weighted by molar-refractivity contribution is 0.420. The van der Waals surface area contributed by atoms with Crippen LogP contribution < -0.4 is 11.0 Å².